The Morgan fingerprint density at radius 2 is 2.17 bits per heavy atom. The summed E-state index contributed by atoms with van der Waals surface area (Å²) in [6, 6.07) is 5.61. The van der Waals surface area contributed by atoms with Gasteiger partial charge in [-0.2, -0.15) is 5.26 Å². The highest BCUT2D eigenvalue weighted by molar-refractivity contribution is 5.69. The fraction of sp³-hybridized carbons (Fsp3) is 0.417. The lowest BCUT2D eigenvalue weighted by Crippen LogP contribution is -2.48. The zero-order valence-electron chi connectivity index (χ0n) is 9.91. The molecule has 2 rings (SSSR count). The topological polar surface area (TPSA) is 80.5 Å². The maximum atomic E-state index is 10.6. The first kappa shape index (κ1) is 12.3. The van der Waals surface area contributed by atoms with Crippen LogP contribution in [0.5, 0.6) is 0 Å². The van der Waals surface area contributed by atoms with Crippen LogP contribution in [0, 0.1) is 11.3 Å². The van der Waals surface area contributed by atoms with E-state index in [-0.39, 0.29) is 6.54 Å². The fourth-order valence-corrected chi connectivity index (χ4v) is 2.05. The van der Waals surface area contributed by atoms with Crippen molar-refractivity contribution in [3.8, 4) is 6.07 Å². The van der Waals surface area contributed by atoms with E-state index < -0.39 is 5.97 Å². The number of aliphatic carboxylic acids is 1. The monoisotopic (exact) mass is 246 g/mol. The number of hydrogen-bond acceptors (Lipinski definition) is 5. The summed E-state index contributed by atoms with van der Waals surface area (Å²) in [5.74, 6) is -0.117. The number of carbonyl (C=O) groups is 1. The second-order valence-corrected chi connectivity index (χ2v) is 4.14. The fourth-order valence-electron chi connectivity index (χ4n) is 2.05. The Balaban J connectivity index is 2.01. The molecule has 0 unspecified atom stereocenters. The molecular formula is C12H14N4O2. The van der Waals surface area contributed by atoms with E-state index in [4.69, 9.17) is 10.4 Å². The minimum absolute atomic E-state index is 0.0706. The van der Waals surface area contributed by atoms with Crippen LogP contribution in [0.4, 0.5) is 5.82 Å². The highest BCUT2D eigenvalue weighted by atomic mass is 16.4. The van der Waals surface area contributed by atoms with Gasteiger partial charge in [0.05, 0.1) is 12.1 Å². The molecule has 6 heteroatoms. The Morgan fingerprint density at radius 1 is 1.44 bits per heavy atom. The smallest absolute Gasteiger partial charge is 0.317 e. The molecule has 0 aliphatic carbocycles. The molecule has 1 aliphatic rings. The van der Waals surface area contributed by atoms with Crippen molar-refractivity contribution < 1.29 is 9.90 Å². The lowest BCUT2D eigenvalue weighted by Gasteiger charge is -2.34. The number of aromatic nitrogens is 1. The van der Waals surface area contributed by atoms with Crippen LogP contribution >= 0.6 is 0 Å². The Morgan fingerprint density at radius 3 is 2.78 bits per heavy atom. The molecule has 94 valence electrons. The Hall–Kier alpha value is -2.13. The van der Waals surface area contributed by atoms with Crippen LogP contribution in [0.25, 0.3) is 0 Å². The van der Waals surface area contributed by atoms with Gasteiger partial charge in [0.15, 0.2) is 0 Å². The average molecular weight is 246 g/mol. The number of rotatable bonds is 3. The van der Waals surface area contributed by atoms with Gasteiger partial charge >= 0.3 is 5.97 Å². The van der Waals surface area contributed by atoms with Gasteiger partial charge in [-0.25, -0.2) is 4.98 Å². The van der Waals surface area contributed by atoms with Crippen molar-refractivity contribution >= 4 is 11.8 Å². The van der Waals surface area contributed by atoms with Gasteiger partial charge in [-0.15, -0.1) is 0 Å². The number of carboxylic acids is 1. The molecule has 1 aromatic rings. The molecule has 1 fully saturated rings. The Bertz CT molecular complexity index is 475. The summed E-state index contributed by atoms with van der Waals surface area (Å²) in [5.41, 5.74) is 0.559. The molecule has 0 amide bonds. The summed E-state index contributed by atoms with van der Waals surface area (Å²) >= 11 is 0. The second kappa shape index (κ2) is 5.47. The molecule has 18 heavy (non-hydrogen) atoms. The molecule has 0 aromatic carbocycles. The number of piperazine rings is 1. The third-order valence-corrected chi connectivity index (χ3v) is 2.94. The maximum Gasteiger partial charge on any atom is 0.317 e. The summed E-state index contributed by atoms with van der Waals surface area (Å²) in [5, 5.41) is 17.7. The molecule has 1 saturated heterocycles. The number of nitrogens with zero attached hydrogens (tertiary/aromatic N) is 4. The summed E-state index contributed by atoms with van der Waals surface area (Å²) < 4.78 is 0. The van der Waals surface area contributed by atoms with Crippen molar-refractivity contribution in [3.63, 3.8) is 0 Å². The van der Waals surface area contributed by atoms with E-state index in [1.807, 2.05) is 9.80 Å². The molecule has 1 N–H and O–H groups in total. The van der Waals surface area contributed by atoms with Crippen molar-refractivity contribution in [3.05, 3.63) is 23.9 Å². The van der Waals surface area contributed by atoms with Gasteiger partial charge < -0.3 is 10.0 Å². The predicted octanol–water partition coefficient (Wildman–Crippen LogP) is 0.160. The first-order valence-corrected chi connectivity index (χ1v) is 5.75. The van der Waals surface area contributed by atoms with E-state index in [1.54, 1.807) is 18.3 Å². The summed E-state index contributed by atoms with van der Waals surface area (Å²) in [4.78, 5) is 18.7. The minimum Gasteiger partial charge on any atom is -0.480 e. The van der Waals surface area contributed by atoms with E-state index in [1.165, 1.54) is 0 Å². The summed E-state index contributed by atoms with van der Waals surface area (Å²) in [6.45, 7) is 2.81. The first-order valence-electron chi connectivity index (χ1n) is 5.75. The minimum atomic E-state index is -0.806. The first-order chi connectivity index (χ1) is 8.70. The summed E-state index contributed by atoms with van der Waals surface area (Å²) in [7, 11) is 0. The van der Waals surface area contributed by atoms with Gasteiger partial charge in [-0.1, -0.05) is 0 Å². The SMILES string of the molecule is N#Cc1cccnc1N1CCN(CC(=O)O)CC1. The lowest BCUT2D eigenvalue weighted by atomic mass is 10.2. The van der Waals surface area contributed by atoms with Gasteiger partial charge in [0.25, 0.3) is 0 Å². The van der Waals surface area contributed by atoms with Crippen LogP contribution in [0.15, 0.2) is 18.3 Å². The number of carboxylic acid groups (broad SMARTS) is 1. The molecule has 1 aliphatic heterocycles. The van der Waals surface area contributed by atoms with Crippen molar-refractivity contribution in [1.82, 2.24) is 9.88 Å². The van der Waals surface area contributed by atoms with Crippen molar-refractivity contribution in [2.24, 2.45) is 0 Å². The number of anilines is 1. The van der Waals surface area contributed by atoms with E-state index in [0.29, 0.717) is 37.6 Å². The van der Waals surface area contributed by atoms with E-state index in [2.05, 4.69) is 11.1 Å². The third kappa shape index (κ3) is 2.76. The molecule has 2 heterocycles. The maximum absolute atomic E-state index is 10.6. The molecule has 0 bridgehead atoms. The zero-order chi connectivity index (χ0) is 13.0. The Labute approximate surface area is 105 Å². The van der Waals surface area contributed by atoms with Crippen molar-refractivity contribution in [1.29, 1.82) is 5.26 Å². The standard InChI is InChI=1S/C12H14N4O2/c13-8-10-2-1-3-14-12(10)16-6-4-15(5-7-16)9-11(17)18/h1-3H,4-7,9H2,(H,17,18). The predicted molar refractivity (Wildman–Crippen MR) is 65.2 cm³/mol. The van der Waals surface area contributed by atoms with Gasteiger partial charge in [-0.05, 0) is 12.1 Å². The van der Waals surface area contributed by atoms with Gasteiger partial charge in [0.2, 0.25) is 0 Å². The molecule has 6 nitrogen and oxygen atoms in total. The quantitative estimate of drug-likeness (QED) is 0.818. The normalized spacial score (nSPS) is 16.3. The van der Waals surface area contributed by atoms with Crippen LogP contribution < -0.4 is 4.90 Å². The molecular weight excluding hydrogens is 232 g/mol. The number of hydrogen-bond donors (Lipinski definition) is 1. The van der Waals surface area contributed by atoms with Crippen LogP contribution in [-0.4, -0.2) is 53.7 Å². The van der Waals surface area contributed by atoms with E-state index in [0.717, 1.165) is 0 Å². The number of nitriles is 1. The lowest BCUT2D eigenvalue weighted by molar-refractivity contribution is -0.138. The van der Waals surface area contributed by atoms with Crippen LogP contribution in [0.3, 0.4) is 0 Å². The highest BCUT2D eigenvalue weighted by Gasteiger charge is 2.21. The van der Waals surface area contributed by atoms with Crippen LogP contribution in [0.2, 0.25) is 0 Å². The van der Waals surface area contributed by atoms with Crippen LogP contribution in [-0.2, 0) is 4.79 Å². The van der Waals surface area contributed by atoms with Crippen LogP contribution in [0.1, 0.15) is 5.56 Å². The van der Waals surface area contributed by atoms with Gasteiger partial charge in [0, 0.05) is 32.4 Å². The highest BCUT2D eigenvalue weighted by Crippen LogP contribution is 2.17. The van der Waals surface area contributed by atoms with E-state index in [9.17, 15) is 4.79 Å². The molecule has 0 atom stereocenters. The van der Waals surface area contributed by atoms with E-state index >= 15 is 0 Å². The molecule has 0 saturated carbocycles. The molecule has 1 aromatic heterocycles. The number of pyridine rings is 1. The van der Waals surface area contributed by atoms with Gasteiger partial charge in [0.1, 0.15) is 11.9 Å². The van der Waals surface area contributed by atoms with Gasteiger partial charge in [-0.3, -0.25) is 9.69 Å². The zero-order valence-corrected chi connectivity index (χ0v) is 9.91. The van der Waals surface area contributed by atoms with Crippen molar-refractivity contribution in [2.75, 3.05) is 37.6 Å². The molecule has 0 spiro atoms. The largest absolute Gasteiger partial charge is 0.480 e. The molecule has 0 radical (unpaired) electrons. The summed E-state index contributed by atoms with van der Waals surface area (Å²) in [6.07, 6.45) is 1.67. The third-order valence-electron chi connectivity index (χ3n) is 2.94. The Kier molecular flexibility index (Phi) is 3.75. The average Bonchev–Trinajstić information content (AvgIpc) is 2.39. The second-order valence-electron chi connectivity index (χ2n) is 4.14. The van der Waals surface area contributed by atoms with Crippen molar-refractivity contribution in [2.45, 2.75) is 0 Å².